The van der Waals surface area contributed by atoms with E-state index in [1.165, 1.54) is 11.8 Å². The number of carbonyl (C=O) groups excluding carboxylic acids is 1. The van der Waals surface area contributed by atoms with Crippen molar-refractivity contribution in [2.75, 3.05) is 11.9 Å². The summed E-state index contributed by atoms with van der Waals surface area (Å²) in [6.07, 6.45) is 1.84. The minimum absolute atomic E-state index is 0.0450. The predicted molar refractivity (Wildman–Crippen MR) is 104 cm³/mol. The maximum absolute atomic E-state index is 12.5. The molecule has 3 aromatic carbocycles. The highest BCUT2D eigenvalue weighted by atomic mass is 32.2. The third kappa shape index (κ3) is 3.03. The molecule has 0 fully saturated rings. The van der Waals surface area contributed by atoms with Crippen LogP contribution in [0.5, 0.6) is 5.75 Å². The van der Waals surface area contributed by atoms with Gasteiger partial charge >= 0.3 is 0 Å². The second kappa shape index (κ2) is 6.95. The quantitative estimate of drug-likeness (QED) is 0.681. The first-order chi connectivity index (χ1) is 12.8. The van der Waals surface area contributed by atoms with Gasteiger partial charge in [0.1, 0.15) is 11.8 Å². The highest BCUT2D eigenvalue weighted by Gasteiger charge is 2.21. The Balaban J connectivity index is 1.84. The molecule has 0 saturated heterocycles. The van der Waals surface area contributed by atoms with E-state index >= 15 is 0 Å². The Labute approximate surface area is 155 Å². The summed E-state index contributed by atoms with van der Waals surface area (Å²) in [6.45, 7) is -0.0450. The van der Waals surface area contributed by atoms with E-state index in [-0.39, 0.29) is 12.5 Å². The normalized spacial score (nSPS) is 14.6. The SMILES string of the molecule is N#CCOc1ccc2ccccc2c1/C=C1\Sc2ccccc2NC1=O. The summed E-state index contributed by atoms with van der Waals surface area (Å²) in [5.41, 5.74) is 1.62. The number of nitriles is 1. The van der Waals surface area contributed by atoms with Crippen molar-refractivity contribution >= 4 is 40.2 Å². The molecule has 126 valence electrons. The minimum atomic E-state index is -0.145. The van der Waals surface area contributed by atoms with Gasteiger partial charge in [0.2, 0.25) is 0 Å². The molecule has 0 unspecified atom stereocenters. The van der Waals surface area contributed by atoms with Crippen molar-refractivity contribution in [1.29, 1.82) is 5.26 Å². The van der Waals surface area contributed by atoms with Crippen molar-refractivity contribution in [3.8, 4) is 11.8 Å². The molecule has 0 radical (unpaired) electrons. The number of amides is 1. The molecule has 1 aliphatic heterocycles. The monoisotopic (exact) mass is 358 g/mol. The second-order valence-corrected chi connectivity index (χ2v) is 6.79. The summed E-state index contributed by atoms with van der Waals surface area (Å²) in [5, 5.41) is 13.8. The fourth-order valence-electron chi connectivity index (χ4n) is 2.89. The molecule has 1 aliphatic rings. The molecular weight excluding hydrogens is 344 g/mol. The van der Waals surface area contributed by atoms with E-state index in [0.29, 0.717) is 10.7 Å². The van der Waals surface area contributed by atoms with Crippen LogP contribution >= 0.6 is 11.8 Å². The van der Waals surface area contributed by atoms with Gasteiger partial charge in [-0.25, -0.2) is 0 Å². The van der Waals surface area contributed by atoms with Crippen LogP contribution in [0.15, 0.2) is 70.5 Å². The Hall–Kier alpha value is -3.23. The van der Waals surface area contributed by atoms with Gasteiger partial charge in [-0.15, -0.1) is 0 Å². The first-order valence-electron chi connectivity index (χ1n) is 8.08. The van der Waals surface area contributed by atoms with E-state index in [9.17, 15) is 4.79 Å². The summed E-state index contributed by atoms with van der Waals surface area (Å²) >= 11 is 1.43. The maximum Gasteiger partial charge on any atom is 0.262 e. The van der Waals surface area contributed by atoms with Gasteiger partial charge in [0.05, 0.1) is 10.6 Å². The number of benzene rings is 3. The average molecular weight is 358 g/mol. The van der Waals surface area contributed by atoms with Crippen LogP contribution < -0.4 is 10.1 Å². The zero-order chi connectivity index (χ0) is 17.9. The molecule has 0 spiro atoms. The Morgan fingerprint density at radius 3 is 2.77 bits per heavy atom. The van der Waals surface area contributed by atoms with Gasteiger partial charge in [-0.2, -0.15) is 5.26 Å². The summed E-state index contributed by atoms with van der Waals surface area (Å²) in [4.78, 5) is 14.1. The van der Waals surface area contributed by atoms with Crippen LogP contribution in [0, 0.1) is 11.3 Å². The Morgan fingerprint density at radius 2 is 1.88 bits per heavy atom. The fourth-order valence-corrected chi connectivity index (χ4v) is 3.83. The van der Waals surface area contributed by atoms with Crippen molar-refractivity contribution in [2.45, 2.75) is 4.90 Å². The Bertz CT molecular complexity index is 1080. The molecule has 0 atom stereocenters. The zero-order valence-corrected chi connectivity index (χ0v) is 14.5. The molecule has 4 rings (SSSR count). The number of nitrogens with zero attached hydrogens (tertiary/aromatic N) is 1. The Morgan fingerprint density at radius 1 is 1.08 bits per heavy atom. The van der Waals surface area contributed by atoms with Crippen LogP contribution in [0.4, 0.5) is 5.69 Å². The molecule has 26 heavy (non-hydrogen) atoms. The van der Waals surface area contributed by atoms with Crippen LogP contribution in [0.3, 0.4) is 0 Å². The van der Waals surface area contributed by atoms with Gasteiger partial charge in [-0.05, 0) is 35.0 Å². The number of hydrogen-bond acceptors (Lipinski definition) is 4. The average Bonchev–Trinajstić information content (AvgIpc) is 2.67. The molecule has 0 saturated carbocycles. The van der Waals surface area contributed by atoms with Gasteiger partial charge < -0.3 is 10.1 Å². The number of fused-ring (bicyclic) bond motifs is 2. The molecule has 1 amide bonds. The van der Waals surface area contributed by atoms with Crippen molar-refractivity contribution in [3.05, 3.63) is 71.1 Å². The molecule has 0 bridgehead atoms. The molecule has 5 heteroatoms. The number of anilines is 1. The molecule has 0 aliphatic carbocycles. The minimum Gasteiger partial charge on any atom is -0.478 e. The van der Waals surface area contributed by atoms with Gasteiger partial charge in [0, 0.05) is 10.5 Å². The van der Waals surface area contributed by atoms with E-state index in [1.807, 2.05) is 72.8 Å². The van der Waals surface area contributed by atoms with Gasteiger partial charge in [0.15, 0.2) is 6.61 Å². The summed E-state index contributed by atoms with van der Waals surface area (Å²) in [5.74, 6) is 0.442. The summed E-state index contributed by atoms with van der Waals surface area (Å²) in [7, 11) is 0. The number of rotatable bonds is 3. The van der Waals surface area contributed by atoms with Crippen LogP contribution in [-0.2, 0) is 4.79 Å². The number of thioether (sulfide) groups is 1. The topological polar surface area (TPSA) is 62.1 Å². The van der Waals surface area contributed by atoms with E-state index in [2.05, 4.69) is 5.32 Å². The number of hydrogen-bond donors (Lipinski definition) is 1. The van der Waals surface area contributed by atoms with Crippen LogP contribution in [0.2, 0.25) is 0 Å². The maximum atomic E-state index is 12.5. The predicted octanol–water partition coefficient (Wildman–Crippen LogP) is 4.83. The molecule has 3 aromatic rings. The van der Waals surface area contributed by atoms with E-state index in [1.54, 1.807) is 0 Å². The summed E-state index contributed by atoms with van der Waals surface area (Å²) < 4.78 is 5.59. The largest absolute Gasteiger partial charge is 0.478 e. The third-order valence-electron chi connectivity index (χ3n) is 4.08. The van der Waals surface area contributed by atoms with E-state index < -0.39 is 0 Å². The standard InChI is InChI=1S/C21H14N2O2S/c22-11-12-25-18-10-9-14-5-1-2-6-15(14)16(18)13-20-21(24)23-17-7-3-4-8-19(17)26-20/h1-10,13H,12H2,(H,23,24)/b20-13-. The lowest BCUT2D eigenvalue weighted by molar-refractivity contribution is -0.112. The third-order valence-corrected chi connectivity index (χ3v) is 5.18. The zero-order valence-electron chi connectivity index (χ0n) is 13.7. The van der Waals surface area contributed by atoms with Gasteiger partial charge in [-0.3, -0.25) is 4.79 Å². The lowest BCUT2D eigenvalue weighted by Gasteiger charge is -2.19. The number of ether oxygens (including phenoxy) is 1. The van der Waals surface area contributed by atoms with Gasteiger partial charge in [-0.1, -0.05) is 54.2 Å². The molecule has 0 aromatic heterocycles. The molecule has 1 heterocycles. The Kier molecular flexibility index (Phi) is 4.34. The van der Waals surface area contributed by atoms with Crippen molar-refractivity contribution < 1.29 is 9.53 Å². The lowest BCUT2D eigenvalue weighted by atomic mass is 10.0. The summed E-state index contributed by atoms with van der Waals surface area (Å²) in [6, 6.07) is 21.4. The van der Waals surface area contributed by atoms with E-state index in [0.717, 1.165) is 26.9 Å². The first kappa shape index (κ1) is 16.2. The van der Waals surface area contributed by atoms with Crippen molar-refractivity contribution in [3.63, 3.8) is 0 Å². The van der Waals surface area contributed by atoms with Crippen molar-refractivity contribution in [2.24, 2.45) is 0 Å². The van der Waals surface area contributed by atoms with Crippen LogP contribution in [0.1, 0.15) is 5.56 Å². The van der Waals surface area contributed by atoms with Crippen LogP contribution in [0.25, 0.3) is 16.8 Å². The van der Waals surface area contributed by atoms with Crippen molar-refractivity contribution in [1.82, 2.24) is 0 Å². The smallest absolute Gasteiger partial charge is 0.262 e. The number of nitrogens with one attached hydrogen (secondary N) is 1. The van der Waals surface area contributed by atoms with E-state index in [4.69, 9.17) is 10.00 Å². The molecule has 1 N–H and O–H groups in total. The highest BCUT2D eigenvalue weighted by molar-refractivity contribution is 8.04. The van der Waals surface area contributed by atoms with Gasteiger partial charge in [0.25, 0.3) is 5.91 Å². The number of carbonyl (C=O) groups is 1. The molecule has 4 nitrogen and oxygen atoms in total. The number of para-hydroxylation sites is 1. The molecular formula is C21H14N2O2S. The second-order valence-electron chi connectivity index (χ2n) is 5.71. The fraction of sp³-hybridized carbons (Fsp3) is 0.0476. The highest BCUT2D eigenvalue weighted by Crippen LogP contribution is 2.40. The van der Waals surface area contributed by atoms with Crippen LogP contribution in [-0.4, -0.2) is 12.5 Å². The first-order valence-corrected chi connectivity index (χ1v) is 8.89. The lowest BCUT2D eigenvalue weighted by Crippen LogP contribution is -2.17.